The number of nitrogens with one attached hydrogen (secondary N) is 1. The number of carbonyl (C=O) groups excluding carboxylic acids is 1. The average Bonchev–Trinajstić information content (AvgIpc) is 2.88. The molecule has 0 bridgehead atoms. The van der Waals surface area contributed by atoms with Crippen LogP contribution in [0.25, 0.3) is 0 Å². The van der Waals surface area contributed by atoms with Gasteiger partial charge in [-0.15, -0.1) is 0 Å². The Balaban J connectivity index is 1.56. The molecule has 1 N–H and O–H groups in total. The van der Waals surface area contributed by atoms with Crippen molar-refractivity contribution in [3.05, 3.63) is 77.1 Å². The molecule has 0 aliphatic rings. The highest BCUT2D eigenvalue weighted by Gasteiger charge is 2.10. The smallest absolute Gasteiger partial charge is 0.262 e. The largest absolute Gasteiger partial charge is 0.484 e. The zero-order chi connectivity index (χ0) is 18.5. The molecule has 1 aromatic heterocycles. The highest BCUT2D eigenvalue weighted by molar-refractivity contribution is 5.91. The molecule has 0 spiro atoms. The first-order valence-electron chi connectivity index (χ1n) is 8.58. The van der Waals surface area contributed by atoms with Crippen molar-refractivity contribution in [1.29, 1.82) is 0 Å². The fourth-order valence-corrected chi connectivity index (χ4v) is 2.85. The van der Waals surface area contributed by atoms with Gasteiger partial charge in [-0.2, -0.15) is 5.10 Å². The number of anilines is 1. The molecule has 5 nitrogen and oxygen atoms in total. The molecule has 0 saturated heterocycles. The molecule has 5 heteroatoms. The summed E-state index contributed by atoms with van der Waals surface area (Å²) in [6.45, 7) is 4.10. The van der Waals surface area contributed by atoms with E-state index in [0.717, 1.165) is 17.8 Å². The molecule has 1 amide bonds. The van der Waals surface area contributed by atoms with Gasteiger partial charge in [-0.3, -0.25) is 9.48 Å². The molecular weight excluding hydrogens is 326 g/mol. The minimum atomic E-state index is -0.180. The van der Waals surface area contributed by atoms with Crippen LogP contribution < -0.4 is 10.1 Å². The summed E-state index contributed by atoms with van der Waals surface area (Å²) in [6, 6.07) is 17.2. The summed E-state index contributed by atoms with van der Waals surface area (Å²) in [5.41, 5.74) is 5.43. The van der Waals surface area contributed by atoms with Gasteiger partial charge in [0.1, 0.15) is 5.75 Å². The molecule has 0 unspecified atom stereocenters. The number of amides is 1. The molecule has 2 aromatic carbocycles. The molecule has 0 aliphatic heterocycles. The minimum absolute atomic E-state index is 0.0140. The van der Waals surface area contributed by atoms with Gasteiger partial charge < -0.3 is 10.1 Å². The Morgan fingerprint density at radius 2 is 1.77 bits per heavy atom. The zero-order valence-electron chi connectivity index (χ0n) is 15.3. The van der Waals surface area contributed by atoms with E-state index in [0.29, 0.717) is 5.75 Å². The first-order chi connectivity index (χ1) is 12.5. The van der Waals surface area contributed by atoms with E-state index < -0.39 is 0 Å². The van der Waals surface area contributed by atoms with Crippen molar-refractivity contribution < 1.29 is 9.53 Å². The number of hydrogen-bond donors (Lipinski definition) is 1. The van der Waals surface area contributed by atoms with Crippen molar-refractivity contribution in [3.63, 3.8) is 0 Å². The van der Waals surface area contributed by atoms with Crippen molar-refractivity contribution in [2.45, 2.75) is 20.3 Å². The van der Waals surface area contributed by atoms with Crippen molar-refractivity contribution in [3.8, 4) is 5.75 Å². The molecule has 0 radical (unpaired) electrons. The molecule has 0 aliphatic carbocycles. The van der Waals surface area contributed by atoms with E-state index in [2.05, 4.69) is 17.3 Å². The van der Waals surface area contributed by atoms with E-state index >= 15 is 0 Å². The van der Waals surface area contributed by atoms with Crippen LogP contribution in [0.3, 0.4) is 0 Å². The summed E-state index contributed by atoms with van der Waals surface area (Å²) in [5, 5.41) is 7.30. The second-order valence-corrected chi connectivity index (χ2v) is 6.30. The summed E-state index contributed by atoms with van der Waals surface area (Å²) < 4.78 is 7.36. The lowest BCUT2D eigenvalue weighted by atomic mass is 10.0. The molecular formula is C21H23N3O2. The van der Waals surface area contributed by atoms with Gasteiger partial charge in [-0.25, -0.2) is 0 Å². The summed E-state index contributed by atoms with van der Waals surface area (Å²) in [5.74, 6) is 0.501. The predicted molar refractivity (Wildman–Crippen MR) is 102 cm³/mol. The average molecular weight is 349 g/mol. The van der Waals surface area contributed by atoms with Gasteiger partial charge in [-0.1, -0.05) is 30.3 Å². The third-order valence-corrected chi connectivity index (χ3v) is 4.39. The predicted octanol–water partition coefficient (Wildman–Crippen LogP) is 3.65. The van der Waals surface area contributed by atoms with Crippen molar-refractivity contribution in [2.75, 3.05) is 11.9 Å². The van der Waals surface area contributed by atoms with Crippen molar-refractivity contribution in [2.24, 2.45) is 7.05 Å². The Labute approximate surface area is 153 Å². The van der Waals surface area contributed by atoms with Gasteiger partial charge in [0, 0.05) is 30.4 Å². The summed E-state index contributed by atoms with van der Waals surface area (Å²) in [6.07, 6.45) is 0.830. The highest BCUT2D eigenvalue weighted by Crippen LogP contribution is 2.18. The number of carbonyl (C=O) groups is 1. The standard InChI is InChI=1S/C21H23N3O2/c1-15-20(16(2)24(3)23-15)13-17-9-11-18(12-10-17)22-21(25)14-26-19-7-5-4-6-8-19/h4-12H,13-14H2,1-3H3,(H,22,25). The Morgan fingerprint density at radius 3 is 2.38 bits per heavy atom. The monoisotopic (exact) mass is 349 g/mol. The van der Waals surface area contributed by atoms with E-state index in [9.17, 15) is 4.79 Å². The van der Waals surface area contributed by atoms with Crippen molar-refractivity contribution >= 4 is 11.6 Å². The summed E-state index contributed by atoms with van der Waals surface area (Å²) in [7, 11) is 1.96. The number of rotatable bonds is 6. The fraction of sp³-hybridized carbons (Fsp3) is 0.238. The molecule has 26 heavy (non-hydrogen) atoms. The van der Waals surface area contributed by atoms with Crippen LogP contribution >= 0.6 is 0 Å². The number of benzene rings is 2. The van der Waals surface area contributed by atoms with E-state index in [-0.39, 0.29) is 12.5 Å². The Bertz CT molecular complexity index is 884. The number of aromatic nitrogens is 2. The SMILES string of the molecule is Cc1nn(C)c(C)c1Cc1ccc(NC(=O)COc2ccccc2)cc1. The minimum Gasteiger partial charge on any atom is -0.484 e. The molecule has 134 valence electrons. The first kappa shape index (κ1) is 17.7. The van der Waals surface area contributed by atoms with E-state index in [1.165, 1.54) is 16.8 Å². The van der Waals surface area contributed by atoms with E-state index in [1.807, 2.05) is 73.3 Å². The van der Waals surface area contributed by atoms with Crippen LogP contribution in [0.5, 0.6) is 5.75 Å². The van der Waals surface area contributed by atoms with Crippen LogP contribution in [0, 0.1) is 13.8 Å². The van der Waals surface area contributed by atoms with Gasteiger partial charge in [0.25, 0.3) is 5.91 Å². The Kier molecular flexibility index (Phi) is 5.37. The maximum atomic E-state index is 12.0. The summed E-state index contributed by atoms with van der Waals surface area (Å²) in [4.78, 5) is 12.0. The van der Waals surface area contributed by atoms with E-state index in [1.54, 1.807) is 0 Å². The van der Waals surface area contributed by atoms with Crippen LogP contribution in [0.4, 0.5) is 5.69 Å². The van der Waals surface area contributed by atoms with Gasteiger partial charge in [-0.05, 0) is 43.7 Å². The number of hydrogen-bond acceptors (Lipinski definition) is 3. The maximum absolute atomic E-state index is 12.0. The normalized spacial score (nSPS) is 10.6. The number of aryl methyl sites for hydroxylation is 2. The van der Waals surface area contributed by atoms with E-state index in [4.69, 9.17) is 4.74 Å². The number of para-hydroxylation sites is 1. The fourth-order valence-electron chi connectivity index (χ4n) is 2.85. The Hall–Kier alpha value is -3.08. The van der Waals surface area contributed by atoms with Crippen LogP contribution in [-0.2, 0) is 18.3 Å². The van der Waals surface area contributed by atoms with Gasteiger partial charge in [0.05, 0.1) is 5.69 Å². The van der Waals surface area contributed by atoms with Crippen LogP contribution in [0.15, 0.2) is 54.6 Å². The van der Waals surface area contributed by atoms with Crippen molar-refractivity contribution in [1.82, 2.24) is 9.78 Å². The van der Waals surface area contributed by atoms with Gasteiger partial charge in [0.2, 0.25) is 0 Å². The molecule has 3 aromatic rings. The Morgan fingerprint density at radius 1 is 1.08 bits per heavy atom. The van der Waals surface area contributed by atoms with Crippen LogP contribution in [-0.4, -0.2) is 22.3 Å². The summed E-state index contributed by atoms with van der Waals surface area (Å²) >= 11 is 0. The lowest BCUT2D eigenvalue weighted by molar-refractivity contribution is -0.118. The highest BCUT2D eigenvalue weighted by atomic mass is 16.5. The van der Waals surface area contributed by atoms with Crippen LogP contribution in [0.2, 0.25) is 0 Å². The molecule has 3 rings (SSSR count). The molecule has 0 atom stereocenters. The second-order valence-electron chi connectivity index (χ2n) is 6.30. The molecule has 0 fully saturated rings. The lowest BCUT2D eigenvalue weighted by Crippen LogP contribution is -2.20. The molecule has 1 heterocycles. The first-order valence-corrected chi connectivity index (χ1v) is 8.58. The third kappa shape index (κ3) is 4.30. The third-order valence-electron chi connectivity index (χ3n) is 4.39. The topological polar surface area (TPSA) is 56.2 Å². The van der Waals surface area contributed by atoms with Crippen LogP contribution in [0.1, 0.15) is 22.5 Å². The quantitative estimate of drug-likeness (QED) is 0.739. The second kappa shape index (κ2) is 7.87. The molecule has 0 saturated carbocycles. The maximum Gasteiger partial charge on any atom is 0.262 e. The number of nitrogens with zero attached hydrogens (tertiary/aromatic N) is 2. The lowest BCUT2D eigenvalue weighted by Gasteiger charge is -2.08. The zero-order valence-corrected chi connectivity index (χ0v) is 15.3. The number of ether oxygens (including phenoxy) is 1. The van der Waals surface area contributed by atoms with Gasteiger partial charge >= 0.3 is 0 Å². The van der Waals surface area contributed by atoms with Gasteiger partial charge in [0.15, 0.2) is 6.61 Å².